The molecule has 0 fully saturated rings. The fourth-order valence-electron chi connectivity index (χ4n) is 4.24. The number of rotatable bonds is 4. The Hall–Kier alpha value is -2.75. The molecular weight excluding hydrogens is 468 g/mol. The standard InChI is InChI=1S/C24H26F4N4OS/c1-8-34(33)21-19(30-32-15(5)13(3)12(2)14(4)20(21)32)22-29-17-11-16(9-10-18(17)31(22)7)23(6,25)24(26,27)28/h9-11H,8H2,1-7H3. The zero-order valence-electron chi connectivity index (χ0n) is 20.1. The van der Waals surface area contributed by atoms with E-state index in [1.54, 1.807) is 16.1 Å². The molecule has 0 saturated heterocycles. The zero-order chi connectivity index (χ0) is 25.3. The predicted octanol–water partition coefficient (Wildman–Crippen LogP) is 6.00. The molecule has 0 saturated carbocycles. The van der Waals surface area contributed by atoms with Crippen molar-refractivity contribution in [3.05, 3.63) is 46.1 Å². The molecule has 3 heterocycles. The number of aryl methyl sites for hydroxylation is 3. The van der Waals surface area contributed by atoms with Gasteiger partial charge in [0.25, 0.3) is 0 Å². The van der Waals surface area contributed by atoms with Crippen molar-refractivity contribution in [3.8, 4) is 11.5 Å². The van der Waals surface area contributed by atoms with Gasteiger partial charge in [-0.25, -0.2) is 13.9 Å². The highest BCUT2D eigenvalue weighted by molar-refractivity contribution is 7.85. The third-order valence-corrected chi connectivity index (χ3v) is 8.21. The molecule has 3 aromatic heterocycles. The SMILES string of the molecule is CCS(=O)c1c(-c2nc3cc(C(C)(F)C(F)(F)F)ccc3n2C)nn2c(C)c(C)c(C)c(C)c12. The lowest BCUT2D eigenvalue weighted by Gasteiger charge is -2.23. The zero-order valence-corrected chi connectivity index (χ0v) is 20.9. The second-order valence-electron chi connectivity index (χ2n) is 8.73. The molecule has 0 amide bonds. The first-order valence-corrected chi connectivity index (χ1v) is 12.1. The molecule has 0 bridgehead atoms. The lowest BCUT2D eigenvalue weighted by Crippen LogP contribution is -2.34. The predicted molar refractivity (Wildman–Crippen MR) is 125 cm³/mol. The summed E-state index contributed by atoms with van der Waals surface area (Å²) in [6, 6.07) is 3.66. The van der Waals surface area contributed by atoms with E-state index in [0.29, 0.717) is 34.6 Å². The molecule has 4 rings (SSSR count). The van der Waals surface area contributed by atoms with Gasteiger partial charge >= 0.3 is 6.18 Å². The van der Waals surface area contributed by atoms with Gasteiger partial charge in [-0.3, -0.25) is 4.21 Å². The molecule has 34 heavy (non-hydrogen) atoms. The number of imidazole rings is 1. The van der Waals surface area contributed by atoms with Gasteiger partial charge in [0.05, 0.1) is 32.2 Å². The Balaban J connectivity index is 2.05. The molecule has 10 heteroatoms. The van der Waals surface area contributed by atoms with Crippen LogP contribution in [-0.2, 0) is 23.5 Å². The minimum atomic E-state index is -5.06. The van der Waals surface area contributed by atoms with Crippen LogP contribution in [0.4, 0.5) is 17.6 Å². The molecule has 0 N–H and O–H groups in total. The molecule has 0 aliphatic rings. The Morgan fingerprint density at radius 3 is 2.26 bits per heavy atom. The third kappa shape index (κ3) is 3.37. The van der Waals surface area contributed by atoms with Crippen molar-refractivity contribution >= 4 is 27.3 Å². The maximum absolute atomic E-state index is 14.6. The van der Waals surface area contributed by atoms with Gasteiger partial charge in [0.2, 0.25) is 5.67 Å². The van der Waals surface area contributed by atoms with Crippen molar-refractivity contribution in [2.45, 2.75) is 58.3 Å². The number of benzene rings is 1. The molecule has 1 aromatic carbocycles. The van der Waals surface area contributed by atoms with Crippen molar-refractivity contribution in [2.75, 3.05) is 5.75 Å². The summed E-state index contributed by atoms with van der Waals surface area (Å²) in [4.78, 5) is 5.07. The lowest BCUT2D eigenvalue weighted by molar-refractivity contribution is -0.228. The Morgan fingerprint density at radius 2 is 1.68 bits per heavy atom. The molecule has 5 nitrogen and oxygen atoms in total. The molecule has 182 valence electrons. The van der Waals surface area contributed by atoms with Crippen molar-refractivity contribution in [3.63, 3.8) is 0 Å². The highest BCUT2D eigenvalue weighted by Gasteiger charge is 2.53. The fraction of sp³-hybridized carbons (Fsp3) is 0.417. The van der Waals surface area contributed by atoms with Crippen LogP contribution in [-0.4, -0.2) is 35.3 Å². The monoisotopic (exact) mass is 494 g/mol. The van der Waals surface area contributed by atoms with Gasteiger partial charge in [-0.05, 0) is 63.4 Å². The summed E-state index contributed by atoms with van der Waals surface area (Å²) in [7, 11) is 0.325. The number of pyridine rings is 1. The Labute approximate surface area is 197 Å². The summed E-state index contributed by atoms with van der Waals surface area (Å²) < 4.78 is 71.0. The van der Waals surface area contributed by atoms with Crippen LogP contribution in [0, 0.1) is 27.7 Å². The van der Waals surface area contributed by atoms with E-state index in [9.17, 15) is 21.8 Å². The lowest BCUT2D eigenvalue weighted by atomic mass is 9.97. The average Bonchev–Trinajstić information content (AvgIpc) is 3.33. The minimum Gasteiger partial charge on any atom is -0.326 e. The highest BCUT2D eigenvalue weighted by Crippen LogP contribution is 2.43. The Kier molecular flexibility index (Phi) is 5.66. The van der Waals surface area contributed by atoms with Crippen LogP contribution in [0.15, 0.2) is 23.1 Å². The molecule has 0 aliphatic carbocycles. The van der Waals surface area contributed by atoms with E-state index in [1.807, 2.05) is 34.6 Å². The maximum atomic E-state index is 14.6. The summed E-state index contributed by atoms with van der Waals surface area (Å²) in [5, 5.41) is 4.77. The van der Waals surface area contributed by atoms with Gasteiger partial charge in [0.1, 0.15) is 5.69 Å². The van der Waals surface area contributed by atoms with E-state index in [2.05, 4.69) is 4.98 Å². The van der Waals surface area contributed by atoms with Crippen LogP contribution in [0.1, 0.15) is 41.8 Å². The molecule has 2 atom stereocenters. The van der Waals surface area contributed by atoms with Gasteiger partial charge in [-0.15, -0.1) is 0 Å². The van der Waals surface area contributed by atoms with Gasteiger partial charge in [0.15, 0.2) is 5.82 Å². The van der Waals surface area contributed by atoms with E-state index < -0.39 is 28.2 Å². The second kappa shape index (κ2) is 7.90. The Morgan fingerprint density at radius 1 is 1.03 bits per heavy atom. The number of aromatic nitrogens is 4. The van der Waals surface area contributed by atoms with Crippen molar-refractivity contribution in [1.82, 2.24) is 19.2 Å². The molecule has 4 aromatic rings. The van der Waals surface area contributed by atoms with E-state index >= 15 is 0 Å². The number of fused-ring (bicyclic) bond motifs is 2. The number of nitrogens with zero attached hydrogens (tertiary/aromatic N) is 4. The summed E-state index contributed by atoms with van der Waals surface area (Å²) in [6.45, 7) is 10.2. The molecule has 0 radical (unpaired) electrons. The topological polar surface area (TPSA) is 52.2 Å². The van der Waals surface area contributed by atoms with Gasteiger partial charge in [-0.2, -0.15) is 18.3 Å². The number of alkyl halides is 4. The number of hydrogen-bond acceptors (Lipinski definition) is 3. The minimum absolute atomic E-state index is 0.203. The number of hydrogen-bond donors (Lipinski definition) is 0. The van der Waals surface area contributed by atoms with Crippen molar-refractivity contribution < 1.29 is 21.8 Å². The average molecular weight is 495 g/mol. The molecular formula is C24H26F4N4OS. The van der Waals surface area contributed by atoms with Crippen molar-refractivity contribution in [1.29, 1.82) is 0 Å². The van der Waals surface area contributed by atoms with Crippen LogP contribution in [0.25, 0.3) is 28.1 Å². The van der Waals surface area contributed by atoms with Crippen LogP contribution in [0.5, 0.6) is 0 Å². The third-order valence-electron chi connectivity index (χ3n) is 6.84. The first kappa shape index (κ1) is 24.4. The van der Waals surface area contributed by atoms with E-state index in [4.69, 9.17) is 5.10 Å². The van der Waals surface area contributed by atoms with Crippen LogP contribution in [0.3, 0.4) is 0 Å². The second-order valence-corrected chi connectivity index (χ2v) is 10.4. The molecule has 2 unspecified atom stereocenters. The van der Waals surface area contributed by atoms with Gasteiger partial charge in [-0.1, -0.05) is 13.0 Å². The summed E-state index contributed by atoms with van der Waals surface area (Å²) in [5.74, 6) is 0.717. The number of halogens is 4. The van der Waals surface area contributed by atoms with Crippen LogP contribution in [0.2, 0.25) is 0 Å². The van der Waals surface area contributed by atoms with E-state index in [0.717, 1.165) is 40.0 Å². The van der Waals surface area contributed by atoms with Gasteiger partial charge in [0, 0.05) is 24.1 Å². The quantitative estimate of drug-likeness (QED) is 0.327. The van der Waals surface area contributed by atoms with E-state index in [1.165, 1.54) is 6.07 Å². The fourth-order valence-corrected chi connectivity index (χ4v) is 5.33. The summed E-state index contributed by atoms with van der Waals surface area (Å²) in [5.41, 5.74) is 1.83. The summed E-state index contributed by atoms with van der Waals surface area (Å²) in [6.07, 6.45) is -5.06. The smallest absolute Gasteiger partial charge is 0.326 e. The first-order valence-electron chi connectivity index (χ1n) is 10.8. The van der Waals surface area contributed by atoms with E-state index in [-0.39, 0.29) is 5.52 Å². The molecule has 0 spiro atoms. The Bertz CT molecular complexity index is 1480. The first-order chi connectivity index (χ1) is 15.7. The van der Waals surface area contributed by atoms with Crippen LogP contribution >= 0.6 is 0 Å². The van der Waals surface area contributed by atoms with Crippen LogP contribution < -0.4 is 0 Å². The molecule has 0 aliphatic heterocycles. The van der Waals surface area contributed by atoms with Gasteiger partial charge < -0.3 is 4.57 Å². The largest absolute Gasteiger partial charge is 0.426 e. The normalized spacial score (nSPS) is 15.3. The highest BCUT2D eigenvalue weighted by atomic mass is 32.2. The summed E-state index contributed by atoms with van der Waals surface area (Å²) >= 11 is 0. The maximum Gasteiger partial charge on any atom is 0.426 e. The van der Waals surface area contributed by atoms with Crippen molar-refractivity contribution in [2.24, 2.45) is 7.05 Å².